The van der Waals surface area contributed by atoms with E-state index in [0.717, 1.165) is 12.8 Å². The predicted octanol–water partition coefficient (Wildman–Crippen LogP) is 2.14. The van der Waals surface area contributed by atoms with E-state index in [1.807, 2.05) is 25.1 Å². The fourth-order valence-corrected chi connectivity index (χ4v) is 1.90. The summed E-state index contributed by atoms with van der Waals surface area (Å²) in [6.45, 7) is 2.01. The van der Waals surface area contributed by atoms with Crippen LogP contribution in [-0.4, -0.2) is 10.1 Å². The second-order valence-corrected chi connectivity index (χ2v) is 5.40. The van der Waals surface area contributed by atoms with E-state index in [-0.39, 0.29) is 0 Å². The van der Waals surface area contributed by atoms with Crippen molar-refractivity contribution in [2.24, 2.45) is 5.14 Å². The minimum atomic E-state index is -2.56. The van der Waals surface area contributed by atoms with E-state index in [2.05, 4.69) is 11.9 Å². The van der Waals surface area contributed by atoms with Gasteiger partial charge < -0.3 is 0 Å². The molecule has 1 rings (SSSR count). The lowest BCUT2D eigenvalue weighted by atomic mass is 10.1. The lowest BCUT2D eigenvalue weighted by Gasteiger charge is -2.04. The minimum absolute atomic E-state index is 0.609. The summed E-state index contributed by atoms with van der Waals surface area (Å²) in [6.07, 6.45) is 6.18. The van der Waals surface area contributed by atoms with Crippen LogP contribution in [0.25, 0.3) is 0 Å². The molecule has 0 aliphatic carbocycles. The number of rotatable bonds is 4. The van der Waals surface area contributed by atoms with Gasteiger partial charge >= 0.3 is 0 Å². The van der Waals surface area contributed by atoms with Crippen LogP contribution in [0.1, 0.15) is 18.9 Å². The summed E-state index contributed by atoms with van der Waals surface area (Å²) in [5, 5.41) is 5.43. The number of allylic oxidation sites excluding steroid dienone is 2. The Balaban J connectivity index is 2.73. The fraction of sp³-hybridized carbons (Fsp3) is 0.250. The third-order valence-electron chi connectivity index (χ3n) is 2.16. The average molecular weight is 223 g/mol. The van der Waals surface area contributed by atoms with Crippen molar-refractivity contribution in [2.45, 2.75) is 24.7 Å². The first-order chi connectivity index (χ1) is 7.04. The Kier molecular flexibility index (Phi) is 4.12. The highest BCUT2D eigenvalue weighted by Gasteiger charge is 2.00. The lowest BCUT2D eigenvalue weighted by Crippen LogP contribution is -2.11. The first kappa shape index (κ1) is 12.0. The SMILES string of the molecule is C=S(N)(=O)c1ccc(CC/C=C\C)cc1. The molecule has 0 aliphatic heterocycles. The fourth-order valence-electron chi connectivity index (χ4n) is 1.30. The van der Waals surface area contributed by atoms with Gasteiger partial charge in [-0.2, -0.15) is 0 Å². The van der Waals surface area contributed by atoms with Crippen LogP contribution in [0.15, 0.2) is 41.3 Å². The van der Waals surface area contributed by atoms with Gasteiger partial charge in [0.1, 0.15) is 0 Å². The Hall–Kier alpha value is -1.06. The topological polar surface area (TPSA) is 43.1 Å². The molecule has 2 N–H and O–H groups in total. The Morgan fingerprint density at radius 2 is 2.00 bits per heavy atom. The van der Waals surface area contributed by atoms with Gasteiger partial charge in [0.2, 0.25) is 0 Å². The predicted molar refractivity (Wildman–Crippen MR) is 67.3 cm³/mol. The zero-order valence-electron chi connectivity index (χ0n) is 8.98. The molecule has 0 saturated heterocycles. The van der Waals surface area contributed by atoms with Gasteiger partial charge in [-0.25, -0.2) is 4.21 Å². The molecule has 15 heavy (non-hydrogen) atoms. The zero-order valence-corrected chi connectivity index (χ0v) is 9.80. The minimum Gasteiger partial charge on any atom is -0.256 e. The lowest BCUT2D eigenvalue weighted by molar-refractivity contribution is 0.682. The van der Waals surface area contributed by atoms with E-state index in [0.29, 0.717) is 4.90 Å². The summed E-state index contributed by atoms with van der Waals surface area (Å²) < 4.78 is 11.4. The molecular formula is C12H17NOS. The molecule has 0 heterocycles. The van der Waals surface area contributed by atoms with Crippen molar-refractivity contribution in [2.75, 3.05) is 0 Å². The van der Waals surface area contributed by atoms with Crippen LogP contribution in [0.3, 0.4) is 0 Å². The summed E-state index contributed by atoms with van der Waals surface area (Å²) in [5.41, 5.74) is 1.22. The van der Waals surface area contributed by atoms with Crippen LogP contribution < -0.4 is 5.14 Å². The van der Waals surface area contributed by atoms with Crippen LogP contribution in [0.5, 0.6) is 0 Å². The number of benzene rings is 1. The summed E-state index contributed by atoms with van der Waals surface area (Å²) >= 11 is 0. The first-order valence-electron chi connectivity index (χ1n) is 4.89. The van der Waals surface area contributed by atoms with E-state index in [1.54, 1.807) is 12.1 Å². The van der Waals surface area contributed by atoms with Gasteiger partial charge in [0.05, 0.1) is 9.71 Å². The quantitative estimate of drug-likeness (QED) is 0.617. The molecule has 82 valence electrons. The van der Waals surface area contributed by atoms with Crippen molar-refractivity contribution >= 4 is 15.6 Å². The molecule has 1 atom stereocenters. The Morgan fingerprint density at radius 3 is 2.47 bits per heavy atom. The highest BCUT2D eigenvalue weighted by molar-refractivity contribution is 7.98. The van der Waals surface area contributed by atoms with Crippen LogP contribution >= 0.6 is 0 Å². The van der Waals surface area contributed by atoms with E-state index in [9.17, 15) is 4.21 Å². The van der Waals surface area contributed by atoms with Gasteiger partial charge in [-0.1, -0.05) is 24.3 Å². The van der Waals surface area contributed by atoms with Crippen LogP contribution in [0, 0.1) is 0 Å². The standard InChI is InChI=1S/C12H17NOS/c1-3-4-5-6-11-7-9-12(10-8-11)15(2,13)14/h3-4,7-10H,2,5-6H2,1H3,(H2,13,14)/b4-3-. The third-order valence-corrected chi connectivity index (χ3v) is 3.23. The second kappa shape index (κ2) is 5.14. The normalized spacial score (nSPS) is 15.3. The van der Waals surface area contributed by atoms with Gasteiger partial charge in [0.25, 0.3) is 0 Å². The number of aryl methyl sites for hydroxylation is 1. The zero-order chi connectivity index (χ0) is 11.3. The maximum atomic E-state index is 11.4. The molecular weight excluding hydrogens is 206 g/mol. The highest BCUT2D eigenvalue weighted by Crippen LogP contribution is 2.10. The van der Waals surface area contributed by atoms with E-state index >= 15 is 0 Å². The van der Waals surface area contributed by atoms with Crippen molar-refractivity contribution in [3.05, 3.63) is 42.0 Å². The van der Waals surface area contributed by atoms with Gasteiger partial charge in [0.15, 0.2) is 0 Å². The van der Waals surface area contributed by atoms with Gasteiger partial charge in [-0.05, 0) is 43.3 Å². The molecule has 0 saturated carbocycles. The number of hydrogen-bond donors (Lipinski definition) is 1. The molecule has 3 heteroatoms. The molecule has 0 fully saturated rings. The number of nitrogens with two attached hydrogens (primary N) is 1. The Bertz CT molecular complexity index is 429. The first-order valence-corrected chi connectivity index (χ1v) is 6.68. The van der Waals surface area contributed by atoms with E-state index < -0.39 is 9.71 Å². The maximum absolute atomic E-state index is 11.4. The smallest absolute Gasteiger partial charge is 0.0507 e. The van der Waals surface area contributed by atoms with Crippen molar-refractivity contribution in [1.82, 2.24) is 0 Å². The molecule has 0 radical (unpaired) electrons. The maximum Gasteiger partial charge on any atom is 0.0507 e. The van der Waals surface area contributed by atoms with Crippen molar-refractivity contribution in [3.63, 3.8) is 0 Å². The molecule has 1 aromatic carbocycles. The third kappa shape index (κ3) is 3.90. The molecule has 1 aromatic rings. The summed E-state index contributed by atoms with van der Waals surface area (Å²) in [7, 11) is -2.56. The summed E-state index contributed by atoms with van der Waals surface area (Å²) in [4.78, 5) is 0.609. The Labute approximate surface area is 92.0 Å². The van der Waals surface area contributed by atoms with Crippen molar-refractivity contribution < 1.29 is 4.21 Å². The second-order valence-electron chi connectivity index (χ2n) is 3.48. The van der Waals surface area contributed by atoms with Crippen molar-refractivity contribution in [3.8, 4) is 0 Å². The number of hydrogen-bond acceptors (Lipinski definition) is 1. The highest BCUT2D eigenvalue weighted by atomic mass is 32.2. The molecule has 2 nitrogen and oxygen atoms in total. The molecule has 0 aromatic heterocycles. The van der Waals surface area contributed by atoms with Crippen molar-refractivity contribution in [1.29, 1.82) is 0 Å². The monoisotopic (exact) mass is 223 g/mol. The van der Waals surface area contributed by atoms with Gasteiger partial charge in [0, 0.05) is 4.90 Å². The molecule has 0 bridgehead atoms. The van der Waals surface area contributed by atoms with E-state index in [1.165, 1.54) is 5.56 Å². The summed E-state index contributed by atoms with van der Waals surface area (Å²) in [6, 6.07) is 7.49. The molecule has 0 amide bonds. The van der Waals surface area contributed by atoms with Gasteiger partial charge in [-0.15, -0.1) is 0 Å². The van der Waals surface area contributed by atoms with E-state index in [4.69, 9.17) is 5.14 Å². The van der Waals surface area contributed by atoms with Crippen LogP contribution in [0.2, 0.25) is 0 Å². The van der Waals surface area contributed by atoms with Crippen LogP contribution in [0.4, 0.5) is 0 Å². The van der Waals surface area contributed by atoms with Crippen LogP contribution in [-0.2, 0) is 16.1 Å². The average Bonchev–Trinajstić information content (AvgIpc) is 2.18. The van der Waals surface area contributed by atoms with Gasteiger partial charge in [-0.3, -0.25) is 5.14 Å². The molecule has 0 aliphatic rings. The molecule has 0 spiro atoms. The Morgan fingerprint density at radius 1 is 1.40 bits per heavy atom. The summed E-state index contributed by atoms with van der Waals surface area (Å²) in [5.74, 6) is 3.44. The largest absolute Gasteiger partial charge is 0.256 e. The molecule has 1 unspecified atom stereocenters.